The number of nitrogens with two attached hydrogens (primary N) is 1. The summed E-state index contributed by atoms with van der Waals surface area (Å²) in [7, 11) is -4.86. The molecule has 0 aromatic carbocycles. The van der Waals surface area contributed by atoms with E-state index in [9.17, 15) is 18.0 Å². The Kier molecular flexibility index (Phi) is 4.90. The fourth-order valence-electron chi connectivity index (χ4n) is 3.89. The molecule has 3 aliphatic rings. The zero-order valence-corrected chi connectivity index (χ0v) is 15.4. The predicted molar refractivity (Wildman–Crippen MR) is 87.4 cm³/mol. The molecule has 148 valence electrons. The highest BCUT2D eigenvalue weighted by molar-refractivity contribution is 7.80. The predicted octanol–water partition coefficient (Wildman–Crippen LogP) is -0.447. The minimum Gasteiger partial charge on any atom is -0.325 e. The van der Waals surface area contributed by atoms with Crippen LogP contribution in [0, 0.1) is 5.41 Å². The zero-order chi connectivity index (χ0) is 19.3. The van der Waals surface area contributed by atoms with Gasteiger partial charge in [0.05, 0.1) is 6.04 Å². The van der Waals surface area contributed by atoms with Crippen LogP contribution in [0.1, 0.15) is 39.5 Å². The van der Waals surface area contributed by atoms with Gasteiger partial charge in [-0.2, -0.15) is 13.5 Å². The second-order valence-electron chi connectivity index (χ2n) is 7.70. The molecule has 3 fully saturated rings. The number of rotatable bonds is 5. The summed E-state index contributed by atoms with van der Waals surface area (Å²) in [5, 5.41) is 0.621. The molecule has 4 atom stereocenters. The lowest BCUT2D eigenvalue weighted by atomic mass is 9.76. The average Bonchev–Trinajstić information content (AvgIpc) is 3.04. The third-order valence-electron chi connectivity index (χ3n) is 5.38. The van der Waals surface area contributed by atoms with Crippen LogP contribution in [0.4, 0.5) is 4.79 Å². The normalized spacial score (nSPS) is 33.6. The van der Waals surface area contributed by atoms with Gasteiger partial charge in [0, 0.05) is 12.6 Å². The maximum Gasteiger partial charge on any atom is 0.418 e. The first-order valence-corrected chi connectivity index (χ1v) is 9.84. The summed E-state index contributed by atoms with van der Waals surface area (Å²) in [5.74, 6) is -0.502. The first-order chi connectivity index (χ1) is 12.0. The molecule has 2 heterocycles. The summed E-state index contributed by atoms with van der Waals surface area (Å²) in [4.78, 5) is 31.7. The number of amides is 3. The van der Waals surface area contributed by atoms with E-state index in [0.717, 1.165) is 19.3 Å². The lowest BCUT2D eigenvalue weighted by Gasteiger charge is -2.40. The number of nitrogens with zero attached hydrogens (tertiary/aromatic N) is 2. The van der Waals surface area contributed by atoms with Crippen LogP contribution in [-0.2, 0) is 24.3 Å². The summed E-state index contributed by atoms with van der Waals surface area (Å²) >= 11 is 0. The molecule has 1 aliphatic carbocycles. The van der Waals surface area contributed by atoms with Crippen molar-refractivity contribution in [1.82, 2.24) is 15.4 Å². The molecule has 2 aliphatic heterocycles. The van der Waals surface area contributed by atoms with Crippen LogP contribution in [-0.4, -0.2) is 65.6 Å². The maximum absolute atomic E-state index is 12.6. The smallest absolute Gasteiger partial charge is 0.325 e. The van der Waals surface area contributed by atoms with Gasteiger partial charge in [0.25, 0.3) is 5.91 Å². The number of nitrogens with one attached hydrogen (secondary N) is 1. The summed E-state index contributed by atoms with van der Waals surface area (Å²) in [6.07, 6.45) is 2.51. The Morgan fingerprint density at radius 2 is 2.08 bits per heavy atom. The van der Waals surface area contributed by atoms with E-state index in [-0.39, 0.29) is 25.1 Å². The highest BCUT2D eigenvalue weighted by Crippen LogP contribution is 2.42. The molecule has 0 aromatic rings. The van der Waals surface area contributed by atoms with Gasteiger partial charge in [-0.15, -0.1) is 4.28 Å². The van der Waals surface area contributed by atoms with Gasteiger partial charge in [0.15, 0.2) is 0 Å². The minimum absolute atomic E-state index is 0.0996. The Labute approximate surface area is 151 Å². The van der Waals surface area contributed by atoms with E-state index in [1.165, 1.54) is 4.90 Å². The molecule has 1 saturated carbocycles. The van der Waals surface area contributed by atoms with Crippen molar-refractivity contribution in [3.05, 3.63) is 0 Å². The van der Waals surface area contributed by atoms with Crippen molar-refractivity contribution >= 4 is 22.3 Å². The molecule has 3 amide bonds. The lowest BCUT2D eigenvalue weighted by Crippen LogP contribution is -2.55. The van der Waals surface area contributed by atoms with Crippen molar-refractivity contribution in [2.45, 2.75) is 63.8 Å². The van der Waals surface area contributed by atoms with E-state index in [0.29, 0.717) is 5.06 Å². The topological polar surface area (TPSA) is 151 Å². The van der Waals surface area contributed by atoms with Crippen molar-refractivity contribution < 1.29 is 31.7 Å². The number of hydrogen-bond acceptors (Lipinski definition) is 7. The molecule has 0 spiro atoms. The number of carbonyl (C=O) groups excluding carboxylic acids is 2. The Balaban J connectivity index is 1.71. The van der Waals surface area contributed by atoms with Gasteiger partial charge in [0.1, 0.15) is 12.1 Å². The van der Waals surface area contributed by atoms with E-state index in [1.54, 1.807) is 13.8 Å². The van der Waals surface area contributed by atoms with Crippen molar-refractivity contribution in [2.24, 2.45) is 11.1 Å². The highest BCUT2D eigenvalue weighted by atomic mass is 32.3. The van der Waals surface area contributed by atoms with E-state index in [1.807, 2.05) is 0 Å². The van der Waals surface area contributed by atoms with Crippen molar-refractivity contribution in [1.29, 1.82) is 0 Å². The summed E-state index contributed by atoms with van der Waals surface area (Å²) in [6.45, 7) is 3.69. The zero-order valence-electron chi connectivity index (χ0n) is 14.6. The van der Waals surface area contributed by atoms with E-state index < -0.39 is 39.8 Å². The molecule has 3 rings (SSSR count). The van der Waals surface area contributed by atoms with Crippen LogP contribution in [0.15, 0.2) is 0 Å². The van der Waals surface area contributed by atoms with Crippen LogP contribution in [0.2, 0.25) is 0 Å². The Morgan fingerprint density at radius 3 is 2.65 bits per heavy atom. The molecule has 26 heavy (non-hydrogen) atoms. The Bertz CT molecular complexity index is 697. The number of carbonyl (C=O) groups is 2. The van der Waals surface area contributed by atoms with E-state index >= 15 is 0 Å². The van der Waals surface area contributed by atoms with Crippen molar-refractivity contribution in [2.75, 3.05) is 6.54 Å². The number of hydroxylamine groups is 3. The van der Waals surface area contributed by atoms with Crippen molar-refractivity contribution in [3.63, 3.8) is 0 Å². The number of hydrogen-bond donors (Lipinski definition) is 3. The number of urea groups is 1. The van der Waals surface area contributed by atoms with Gasteiger partial charge in [-0.05, 0) is 31.1 Å². The molecular weight excluding hydrogens is 368 g/mol. The van der Waals surface area contributed by atoms with Crippen LogP contribution in [0.5, 0.6) is 0 Å². The Hall–Kier alpha value is -1.47. The standard InChI is InChI=1S/C14H24N4O7S/c1-14(2)6-9(12(19)16-24-10-5-3-4-8(10)15)17-7-11(14)18(13(17)20)25-26(21,22)23/h8-11H,3-7,15H2,1-2H3,(H,16,19)(H,21,22,23)/t8?,9-,10?,11-/m0/s1. The van der Waals surface area contributed by atoms with Gasteiger partial charge < -0.3 is 10.6 Å². The van der Waals surface area contributed by atoms with Crippen LogP contribution >= 0.6 is 0 Å². The molecule has 0 radical (unpaired) electrons. The third kappa shape index (κ3) is 3.64. The van der Waals surface area contributed by atoms with Gasteiger partial charge >= 0.3 is 16.4 Å². The number of fused-ring (bicyclic) bond motifs is 2. The fraction of sp³-hybridized carbons (Fsp3) is 0.857. The van der Waals surface area contributed by atoms with Gasteiger partial charge in [-0.25, -0.2) is 10.3 Å². The summed E-state index contributed by atoms with van der Waals surface area (Å²) in [5.41, 5.74) is 7.66. The monoisotopic (exact) mass is 392 g/mol. The summed E-state index contributed by atoms with van der Waals surface area (Å²) in [6, 6.07) is -2.41. The Morgan fingerprint density at radius 1 is 1.38 bits per heavy atom. The fourth-order valence-corrected chi connectivity index (χ4v) is 4.26. The highest BCUT2D eigenvalue weighted by Gasteiger charge is 2.57. The molecule has 0 aromatic heterocycles. The lowest BCUT2D eigenvalue weighted by molar-refractivity contribution is -0.146. The van der Waals surface area contributed by atoms with Crippen molar-refractivity contribution in [3.8, 4) is 0 Å². The van der Waals surface area contributed by atoms with Crippen LogP contribution in [0.25, 0.3) is 0 Å². The molecule has 4 N–H and O–H groups in total. The SMILES string of the molecule is CC1(C)C[C@@H](C(=O)NOC2CCCC2N)N2C[C@@H]1N(OS(=O)(=O)O)C2=O. The van der Waals surface area contributed by atoms with E-state index in [4.69, 9.17) is 15.1 Å². The minimum atomic E-state index is -4.86. The molecule has 2 saturated heterocycles. The first-order valence-electron chi connectivity index (χ1n) is 8.47. The molecule has 11 nitrogen and oxygen atoms in total. The largest absolute Gasteiger partial charge is 0.418 e. The van der Waals surface area contributed by atoms with E-state index in [2.05, 4.69) is 9.76 Å². The summed E-state index contributed by atoms with van der Waals surface area (Å²) < 4.78 is 35.4. The third-order valence-corrected chi connectivity index (χ3v) is 5.73. The molecule has 2 unspecified atom stereocenters. The van der Waals surface area contributed by atoms with Crippen LogP contribution in [0.3, 0.4) is 0 Å². The van der Waals surface area contributed by atoms with Crippen LogP contribution < -0.4 is 11.2 Å². The van der Waals surface area contributed by atoms with Gasteiger partial charge in [0.2, 0.25) is 0 Å². The molecular formula is C14H24N4O7S. The van der Waals surface area contributed by atoms with Gasteiger partial charge in [-0.3, -0.25) is 14.2 Å². The average molecular weight is 392 g/mol. The second kappa shape index (κ2) is 6.60. The maximum atomic E-state index is 12.6. The first kappa shape index (κ1) is 19.3. The quantitative estimate of drug-likeness (QED) is 0.420. The number of piperidine rings is 1. The second-order valence-corrected chi connectivity index (χ2v) is 8.71. The molecule has 2 bridgehead atoms. The van der Waals surface area contributed by atoms with Gasteiger partial charge in [-0.1, -0.05) is 13.8 Å². The molecule has 12 heteroatoms.